The van der Waals surface area contributed by atoms with Crippen LogP contribution in [0.3, 0.4) is 0 Å². The zero-order valence-electron chi connectivity index (χ0n) is 16.4. The third kappa shape index (κ3) is 3.07. The summed E-state index contributed by atoms with van der Waals surface area (Å²) in [6.07, 6.45) is 6.57. The number of anilines is 1. The largest absolute Gasteiger partial charge is 0.361 e. The topological polar surface area (TPSA) is 12.0 Å². The predicted octanol–water partition coefficient (Wildman–Crippen LogP) is 6.56. The van der Waals surface area contributed by atoms with E-state index in [1.54, 1.807) is 0 Å². The first-order valence-electron chi connectivity index (χ1n) is 9.71. The van der Waals surface area contributed by atoms with Crippen molar-refractivity contribution in [1.82, 2.24) is 4.48 Å². The summed E-state index contributed by atoms with van der Waals surface area (Å²) in [4.78, 5) is 0. The van der Waals surface area contributed by atoms with E-state index in [2.05, 4.69) is 99.3 Å². The molecule has 3 aromatic rings. The van der Waals surface area contributed by atoms with E-state index in [1.165, 1.54) is 33.3 Å². The number of fused-ring (bicyclic) bond motifs is 3. The third-order valence-electron chi connectivity index (χ3n) is 5.49. The van der Waals surface area contributed by atoms with Crippen molar-refractivity contribution >= 4 is 27.7 Å². The molecule has 1 N–H and O–H groups in total. The van der Waals surface area contributed by atoms with Gasteiger partial charge in [-0.3, -0.25) is 4.48 Å². The van der Waals surface area contributed by atoms with Crippen molar-refractivity contribution in [1.29, 1.82) is 0 Å². The molecule has 1 aliphatic heterocycles. The number of nitrogens with zero attached hydrogens (tertiary/aromatic N) is 1. The van der Waals surface area contributed by atoms with Crippen molar-refractivity contribution in [2.45, 2.75) is 19.8 Å². The molecular formula is C25H27N2+. The van der Waals surface area contributed by atoms with Crippen LogP contribution in [-0.2, 0) is 0 Å². The maximum Gasteiger partial charge on any atom is 0.145 e. The van der Waals surface area contributed by atoms with Crippen LogP contribution >= 0.6 is 0 Å². The molecule has 1 heterocycles. The fourth-order valence-electron chi connectivity index (χ4n) is 4.18. The van der Waals surface area contributed by atoms with Crippen molar-refractivity contribution in [3.05, 3.63) is 90.3 Å². The second-order valence-electron chi connectivity index (χ2n) is 7.59. The third-order valence-corrected chi connectivity index (χ3v) is 5.49. The van der Waals surface area contributed by atoms with Crippen LogP contribution in [0.4, 0.5) is 11.4 Å². The van der Waals surface area contributed by atoms with E-state index in [0.717, 1.165) is 23.0 Å². The number of benzene rings is 3. The number of hydrogen-bond donors (Lipinski definition) is 1. The smallest absolute Gasteiger partial charge is 0.145 e. The van der Waals surface area contributed by atoms with Gasteiger partial charge in [0.2, 0.25) is 0 Å². The molecule has 0 aromatic heterocycles. The fraction of sp³-hybridized carbons (Fsp3) is 0.200. The van der Waals surface area contributed by atoms with Gasteiger partial charge in [0.1, 0.15) is 11.4 Å². The van der Waals surface area contributed by atoms with Gasteiger partial charge < -0.3 is 5.32 Å². The molecule has 1 aliphatic rings. The van der Waals surface area contributed by atoms with Gasteiger partial charge >= 0.3 is 0 Å². The second kappa shape index (κ2) is 7.05. The minimum atomic E-state index is 0.780. The lowest BCUT2D eigenvalue weighted by Crippen LogP contribution is -2.36. The fourth-order valence-corrected chi connectivity index (χ4v) is 4.18. The number of rotatable bonds is 5. The number of nitrogens with one attached hydrogen (secondary N) is 1. The van der Waals surface area contributed by atoms with Crippen LogP contribution in [0.5, 0.6) is 0 Å². The van der Waals surface area contributed by atoms with Gasteiger partial charge in [-0.25, -0.2) is 0 Å². The molecule has 2 heteroatoms. The highest BCUT2D eigenvalue weighted by atomic mass is 15.3. The number of para-hydroxylation sites is 1. The molecule has 27 heavy (non-hydrogen) atoms. The lowest BCUT2D eigenvalue weighted by molar-refractivity contribution is 0.520. The monoisotopic (exact) mass is 355 g/mol. The van der Waals surface area contributed by atoms with E-state index in [0.29, 0.717) is 0 Å². The Morgan fingerprint density at radius 2 is 1.63 bits per heavy atom. The van der Waals surface area contributed by atoms with E-state index in [-0.39, 0.29) is 0 Å². The molecule has 0 unspecified atom stereocenters. The van der Waals surface area contributed by atoms with Crippen LogP contribution < -0.4 is 9.80 Å². The molecule has 0 atom stereocenters. The Morgan fingerprint density at radius 1 is 0.889 bits per heavy atom. The Labute approximate surface area is 162 Å². The summed E-state index contributed by atoms with van der Waals surface area (Å²) in [6, 6.07) is 23.6. The van der Waals surface area contributed by atoms with E-state index >= 15 is 0 Å². The minimum Gasteiger partial charge on any atom is -0.361 e. The minimum absolute atomic E-state index is 0.780. The molecule has 0 amide bonds. The van der Waals surface area contributed by atoms with Crippen LogP contribution in [0.1, 0.15) is 25.3 Å². The molecule has 0 aliphatic carbocycles. The van der Waals surface area contributed by atoms with Gasteiger partial charge in [0.25, 0.3) is 0 Å². The number of quaternary nitrogens is 1. The van der Waals surface area contributed by atoms with Crippen molar-refractivity contribution in [3.8, 4) is 0 Å². The first kappa shape index (κ1) is 17.6. The van der Waals surface area contributed by atoms with Crippen molar-refractivity contribution < 1.29 is 0 Å². The van der Waals surface area contributed by atoms with Gasteiger partial charge in [-0.2, -0.15) is 0 Å². The number of likely N-dealkylation sites (N-methyl/N-ethyl adjacent to an activating group) is 1. The molecule has 0 saturated carbocycles. The maximum atomic E-state index is 3.41. The summed E-state index contributed by atoms with van der Waals surface area (Å²) in [5.41, 5.74) is 6.76. The maximum absolute atomic E-state index is 3.41. The molecule has 0 saturated heterocycles. The molecule has 0 fully saturated rings. The Kier molecular flexibility index (Phi) is 4.59. The highest BCUT2D eigenvalue weighted by molar-refractivity contribution is 6.03. The van der Waals surface area contributed by atoms with E-state index in [1.807, 2.05) is 6.07 Å². The summed E-state index contributed by atoms with van der Waals surface area (Å²) in [6.45, 7) is 2.26. The van der Waals surface area contributed by atoms with Crippen molar-refractivity contribution in [2.24, 2.45) is 0 Å². The Bertz CT molecular complexity index is 1030. The average molecular weight is 356 g/mol. The molecular weight excluding hydrogens is 328 g/mol. The van der Waals surface area contributed by atoms with Crippen LogP contribution in [0.25, 0.3) is 16.3 Å². The standard InChI is InChI=1S/C25H27N2/c1-4-10-22-23(17-18-26-20-12-6-5-7-13-20)27(2,3)24-16-15-19-11-8-9-14-21(19)25(22)24/h5-9,11-18,26H,4,10H2,1-3H3/q+1. The van der Waals surface area contributed by atoms with Gasteiger partial charge in [0.15, 0.2) is 0 Å². The molecule has 4 rings (SSSR count). The summed E-state index contributed by atoms with van der Waals surface area (Å²) in [5, 5.41) is 6.09. The van der Waals surface area contributed by atoms with Crippen LogP contribution in [-0.4, -0.2) is 14.1 Å². The highest BCUT2D eigenvalue weighted by Crippen LogP contribution is 2.48. The van der Waals surface area contributed by atoms with E-state index in [4.69, 9.17) is 0 Å². The molecule has 3 aromatic carbocycles. The Hall–Kier alpha value is -2.84. The van der Waals surface area contributed by atoms with Gasteiger partial charge in [-0.05, 0) is 35.4 Å². The summed E-state index contributed by atoms with van der Waals surface area (Å²) < 4.78 is 0.780. The molecule has 0 spiro atoms. The van der Waals surface area contributed by atoms with Gasteiger partial charge in [0, 0.05) is 29.6 Å². The molecule has 2 nitrogen and oxygen atoms in total. The lowest BCUT2D eigenvalue weighted by atomic mass is 9.95. The van der Waals surface area contributed by atoms with Crippen molar-refractivity contribution in [2.75, 3.05) is 19.4 Å². The van der Waals surface area contributed by atoms with Gasteiger partial charge in [-0.15, -0.1) is 0 Å². The van der Waals surface area contributed by atoms with Crippen LogP contribution in [0, 0.1) is 0 Å². The van der Waals surface area contributed by atoms with E-state index in [9.17, 15) is 0 Å². The number of allylic oxidation sites excluding steroid dienone is 2. The molecule has 136 valence electrons. The zero-order chi connectivity index (χ0) is 18.9. The first-order chi connectivity index (χ1) is 13.1. The average Bonchev–Trinajstić information content (AvgIpc) is 2.90. The van der Waals surface area contributed by atoms with Crippen LogP contribution in [0.15, 0.2) is 84.7 Å². The zero-order valence-corrected chi connectivity index (χ0v) is 16.4. The van der Waals surface area contributed by atoms with Crippen molar-refractivity contribution in [3.63, 3.8) is 0 Å². The normalized spacial score (nSPS) is 15.5. The van der Waals surface area contributed by atoms with Gasteiger partial charge in [-0.1, -0.05) is 55.8 Å². The first-order valence-corrected chi connectivity index (χ1v) is 9.71. The summed E-state index contributed by atoms with van der Waals surface area (Å²) in [7, 11) is 4.58. The van der Waals surface area contributed by atoms with Gasteiger partial charge in [0.05, 0.1) is 19.7 Å². The van der Waals surface area contributed by atoms with Crippen LogP contribution in [0.2, 0.25) is 0 Å². The summed E-state index contributed by atoms with van der Waals surface area (Å²) in [5.74, 6) is 0. The Morgan fingerprint density at radius 3 is 2.41 bits per heavy atom. The highest BCUT2D eigenvalue weighted by Gasteiger charge is 2.38. The molecule has 0 radical (unpaired) electrons. The second-order valence-corrected chi connectivity index (χ2v) is 7.59. The summed E-state index contributed by atoms with van der Waals surface area (Å²) >= 11 is 0. The number of hydrogen-bond acceptors (Lipinski definition) is 1. The van der Waals surface area contributed by atoms with E-state index < -0.39 is 0 Å². The predicted molar refractivity (Wildman–Crippen MR) is 119 cm³/mol. The Balaban J connectivity index is 1.81. The quantitative estimate of drug-likeness (QED) is 0.511. The SMILES string of the molecule is CCCC1=C(C=CNc2ccccc2)[N+](C)(C)c2ccc3ccccc3c21. The molecule has 0 bridgehead atoms. The lowest BCUT2D eigenvalue weighted by Gasteiger charge is -2.26.